The van der Waals surface area contributed by atoms with Crippen LogP contribution < -0.4 is 9.47 Å². The molecule has 3 nitrogen and oxygen atoms in total. The molecule has 0 radical (unpaired) electrons. The van der Waals surface area contributed by atoms with Crippen molar-refractivity contribution in [2.24, 2.45) is 0 Å². The quantitative estimate of drug-likeness (QED) is 0.723. The number of benzene rings is 1. The van der Waals surface area contributed by atoms with Gasteiger partial charge in [0.2, 0.25) is 0 Å². The van der Waals surface area contributed by atoms with E-state index in [0.717, 1.165) is 50.4 Å². The molecule has 0 aromatic heterocycles. The third kappa shape index (κ3) is 10.4. The van der Waals surface area contributed by atoms with Gasteiger partial charge in [0.15, 0.2) is 0 Å². The smallest absolute Gasteiger partial charge is 0.119 e. The Hall–Kier alpha value is -1.22. The van der Waals surface area contributed by atoms with Crippen molar-refractivity contribution >= 4 is 0 Å². The van der Waals surface area contributed by atoms with Gasteiger partial charge in [0.1, 0.15) is 11.5 Å². The van der Waals surface area contributed by atoms with Crippen LogP contribution >= 0.6 is 0 Å². The van der Waals surface area contributed by atoms with E-state index in [4.69, 9.17) is 14.6 Å². The largest absolute Gasteiger partial charge is 0.494 e. The molecule has 0 aliphatic rings. The molecule has 0 bridgehead atoms. The Labute approximate surface area is 117 Å². The van der Waals surface area contributed by atoms with Gasteiger partial charge >= 0.3 is 0 Å². The monoisotopic (exact) mass is 268 g/mol. The maximum Gasteiger partial charge on any atom is 0.119 e. The lowest BCUT2D eigenvalue weighted by Gasteiger charge is -2.07. The molecule has 0 fully saturated rings. The molecule has 19 heavy (non-hydrogen) atoms. The SMILES string of the molecule is CCCCOc1ccc(OCCCC)cc1.CCO. The number of rotatable bonds is 8. The summed E-state index contributed by atoms with van der Waals surface area (Å²) in [5, 5.41) is 7.57. The first-order valence-electron chi connectivity index (χ1n) is 7.24. The standard InChI is InChI=1S/C14H22O2.C2H6O/c1-3-5-11-15-13-7-9-14(10-8-13)16-12-6-4-2;1-2-3/h7-10H,3-6,11-12H2,1-2H3;3H,2H2,1H3. The molecular formula is C16H28O3. The number of aliphatic hydroxyl groups is 1. The Morgan fingerprint density at radius 2 is 1.11 bits per heavy atom. The van der Waals surface area contributed by atoms with E-state index in [1.54, 1.807) is 6.92 Å². The summed E-state index contributed by atoms with van der Waals surface area (Å²) in [5.74, 6) is 1.85. The average molecular weight is 268 g/mol. The fraction of sp³-hybridized carbons (Fsp3) is 0.625. The Kier molecular flexibility index (Phi) is 12.4. The van der Waals surface area contributed by atoms with Crippen molar-refractivity contribution in [2.45, 2.75) is 46.5 Å². The van der Waals surface area contributed by atoms with Crippen molar-refractivity contribution in [1.29, 1.82) is 0 Å². The Balaban J connectivity index is 0.000000982. The molecule has 1 aromatic rings. The predicted molar refractivity (Wildman–Crippen MR) is 80.0 cm³/mol. The van der Waals surface area contributed by atoms with Gasteiger partial charge in [0, 0.05) is 6.61 Å². The fourth-order valence-corrected chi connectivity index (χ4v) is 1.30. The molecule has 1 rings (SSSR count). The van der Waals surface area contributed by atoms with Crippen molar-refractivity contribution in [1.82, 2.24) is 0 Å². The van der Waals surface area contributed by atoms with Crippen LogP contribution in [0.1, 0.15) is 46.5 Å². The molecule has 0 saturated carbocycles. The topological polar surface area (TPSA) is 38.7 Å². The first kappa shape index (κ1) is 17.8. The minimum atomic E-state index is 0.250. The van der Waals surface area contributed by atoms with Gasteiger partial charge in [-0.1, -0.05) is 26.7 Å². The fourth-order valence-electron chi connectivity index (χ4n) is 1.30. The van der Waals surface area contributed by atoms with E-state index in [1.807, 2.05) is 24.3 Å². The molecule has 0 aliphatic heterocycles. The summed E-state index contributed by atoms with van der Waals surface area (Å²) in [6.45, 7) is 7.85. The third-order valence-electron chi connectivity index (χ3n) is 2.36. The number of unbranched alkanes of at least 4 members (excludes halogenated alkanes) is 2. The summed E-state index contributed by atoms with van der Waals surface area (Å²) in [4.78, 5) is 0. The highest BCUT2D eigenvalue weighted by Gasteiger charge is 1.95. The van der Waals surface area contributed by atoms with E-state index < -0.39 is 0 Å². The molecule has 0 amide bonds. The lowest BCUT2D eigenvalue weighted by molar-refractivity contribution is 0.301. The minimum Gasteiger partial charge on any atom is -0.494 e. The van der Waals surface area contributed by atoms with Crippen LogP contribution in [0.4, 0.5) is 0 Å². The molecular weight excluding hydrogens is 240 g/mol. The normalized spacial score (nSPS) is 9.47. The maximum absolute atomic E-state index is 7.57. The second kappa shape index (κ2) is 13.2. The van der Waals surface area contributed by atoms with Crippen molar-refractivity contribution in [3.8, 4) is 11.5 Å². The molecule has 110 valence electrons. The molecule has 0 saturated heterocycles. The Morgan fingerprint density at radius 3 is 1.37 bits per heavy atom. The van der Waals surface area contributed by atoms with E-state index in [0.29, 0.717) is 0 Å². The van der Waals surface area contributed by atoms with Crippen LogP contribution in [0.3, 0.4) is 0 Å². The van der Waals surface area contributed by atoms with Gasteiger partial charge in [0.25, 0.3) is 0 Å². The lowest BCUT2D eigenvalue weighted by atomic mass is 10.3. The average Bonchev–Trinajstić information content (AvgIpc) is 2.42. The molecule has 0 unspecified atom stereocenters. The first-order valence-corrected chi connectivity index (χ1v) is 7.24. The van der Waals surface area contributed by atoms with Gasteiger partial charge < -0.3 is 14.6 Å². The number of hydrogen-bond donors (Lipinski definition) is 1. The van der Waals surface area contributed by atoms with Crippen molar-refractivity contribution < 1.29 is 14.6 Å². The van der Waals surface area contributed by atoms with Crippen LogP contribution in [0.15, 0.2) is 24.3 Å². The number of hydrogen-bond acceptors (Lipinski definition) is 3. The highest BCUT2D eigenvalue weighted by Crippen LogP contribution is 2.18. The summed E-state index contributed by atoms with van der Waals surface area (Å²) in [7, 11) is 0. The number of ether oxygens (including phenoxy) is 2. The highest BCUT2D eigenvalue weighted by atomic mass is 16.5. The molecule has 0 spiro atoms. The zero-order chi connectivity index (χ0) is 14.3. The summed E-state index contributed by atoms with van der Waals surface area (Å²) in [6, 6.07) is 7.88. The van der Waals surface area contributed by atoms with Gasteiger partial charge in [0.05, 0.1) is 13.2 Å². The first-order chi connectivity index (χ1) is 9.28. The van der Waals surface area contributed by atoms with Gasteiger partial charge in [-0.3, -0.25) is 0 Å². The minimum absolute atomic E-state index is 0.250. The van der Waals surface area contributed by atoms with Gasteiger partial charge in [-0.25, -0.2) is 0 Å². The molecule has 1 N–H and O–H groups in total. The van der Waals surface area contributed by atoms with Crippen molar-refractivity contribution in [3.63, 3.8) is 0 Å². The molecule has 0 atom stereocenters. The van der Waals surface area contributed by atoms with Crippen molar-refractivity contribution in [3.05, 3.63) is 24.3 Å². The van der Waals surface area contributed by atoms with E-state index in [1.165, 1.54) is 0 Å². The highest BCUT2D eigenvalue weighted by molar-refractivity contribution is 5.31. The summed E-state index contributed by atoms with van der Waals surface area (Å²) < 4.78 is 11.1. The zero-order valence-corrected chi connectivity index (χ0v) is 12.5. The van der Waals surface area contributed by atoms with Crippen LogP contribution in [0.2, 0.25) is 0 Å². The second-order valence-electron chi connectivity index (χ2n) is 4.19. The van der Waals surface area contributed by atoms with Crippen LogP contribution in [0.5, 0.6) is 11.5 Å². The molecule has 3 heteroatoms. The van der Waals surface area contributed by atoms with E-state index in [9.17, 15) is 0 Å². The van der Waals surface area contributed by atoms with Gasteiger partial charge in [-0.15, -0.1) is 0 Å². The summed E-state index contributed by atoms with van der Waals surface area (Å²) >= 11 is 0. The van der Waals surface area contributed by atoms with Crippen LogP contribution in [-0.2, 0) is 0 Å². The van der Waals surface area contributed by atoms with E-state index in [2.05, 4.69) is 13.8 Å². The van der Waals surface area contributed by atoms with Gasteiger partial charge in [-0.05, 0) is 44.0 Å². The third-order valence-corrected chi connectivity index (χ3v) is 2.36. The zero-order valence-electron chi connectivity index (χ0n) is 12.5. The second-order valence-corrected chi connectivity index (χ2v) is 4.19. The van der Waals surface area contributed by atoms with E-state index >= 15 is 0 Å². The molecule has 1 aromatic carbocycles. The maximum atomic E-state index is 7.57. The van der Waals surface area contributed by atoms with Gasteiger partial charge in [-0.2, -0.15) is 0 Å². The molecule has 0 heterocycles. The Morgan fingerprint density at radius 1 is 0.789 bits per heavy atom. The predicted octanol–water partition coefficient (Wildman–Crippen LogP) is 4.04. The number of aliphatic hydroxyl groups excluding tert-OH is 1. The summed E-state index contributed by atoms with van der Waals surface area (Å²) in [5.41, 5.74) is 0. The lowest BCUT2D eigenvalue weighted by Crippen LogP contribution is -1.98. The van der Waals surface area contributed by atoms with Crippen LogP contribution in [0, 0.1) is 0 Å². The molecule has 0 aliphatic carbocycles. The van der Waals surface area contributed by atoms with Crippen LogP contribution in [0.25, 0.3) is 0 Å². The summed E-state index contributed by atoms with van der Waals surface area (Å²) in [6.07, 6.45) is 4.54. The van der Waals surface area contributed by atoms with Crippen LogP contribution in [-0.4, -0.2) is 24.9 Å². The van der Waals surface area contributed by atoms with Crippen molar-refractivity contribution in [2.75, 3.05) is 19.8 Å². The van der Waals surface area contributed by atoms with E-state index in [-0.39, 0.29) is 6.61 Å². The Bertz CT molecular complexity index is 254.